The van der Waals surface area contributed by atoms with Gasteiger partial charge in [-0.25, -0.2) is 0 Å². The zero-order chi connectivity index (χ0) is 17.7. The molecule has 2 aromatic rings. The number of nitrogens with zero attached hydrogens (tertiary/aromatic N) is 2. The lowest BCUT2D eigenvalue weighted by molar-refractivity contribution is -0.385. The highest BCUT2D eigenvalue weighted by atomic mass is 35.5. The van der Waals surface area contributed by atoms with Gasteiger partial charge in [-0.05, 0) is 25.1 Å². The summed E-state index contributed by atoms with van der Waals surface area (Å²) in [6.07, 6.45) is 0. The molecule has 0 aliphatic carbocycles. The van der Waals surface area contributed by atoms with Crippen molar-refractivity contribution in [3.05, 3.63) is 68.7 Å². The number of hydrogen-bond acceptors (Lipinski definition) is 4. The molecule has 7 heteroatoms. The SMILES string of the molecule is Cc1cccc(C(=O)N(C)CCOc2ccccc2Cl)c1[N+](=O)[O-]. The molecule has 0 aliphatic heterocycles. The fourth-order valence-corrected chi connectivity index (χ4v) is 2.43. The van der Waals surface area contributed by atoms with Gasteiger partial charge in [-0.2, -0.15) is 0 Å². The van der Waals surface area contributed by atoms with E-state index in [4.69, 9.17) is 16.3 Å². The number of ether oxygens (including phenoxy) is 1. The van der Waals surface area contributed by atoms with E-state index in [2.05, 4.69) is 0 Å². The van der Waals surface area contributed by atoms with Gasteiger partial charge in [-0.1, -0.05) is 35.9 Å². The molecule has 0 radical (unpaired) electrons. The highest BCUT2D eigenvalue weighted by Crippen LogP contribution is 2.25. The lowest BCUT2D eigenvalue weighted by Gasteiger charge is -2.18. The van der Waals surface area contributed by atoms with E-state index in [9.17, 15) is 14.9 Å². The van der Waals surface area contributed by atoms with Crippen LogP contribution in [0.15, 0.2) is 42.5 Å². The van der Waals surface area contributed by atoms with E-state index in [1.54, 1.807) is 50.4 Å². The van der Waals surface area contributed by atoms with Crippen LogP contribution in [0, 0.1) is 17.0 Å². The van der Waals surface area contributed by atoms with Gasteiger partial charge in [0.2, 0.25) is 0 Å². The van der Waals surface area contributed by atoms with Crippen molar-refractivity contribution in [3.8, 4) is 5.75 Å². The second-order valence-corrected chi connectivity index (χ2v) is 5.64. The Labute approximate surface area is 144 Å². The third kappa shape index (κ3) is 4.02. The van der Waals surface area contributed by atoms with E-state index in [0.717, 1.165) is 0 Å². The summed E-state index contributed by atoms with van der Waals surface area (Å²) in [6.45, 7) is 2.11. The number of nitro benzene ring substituents is 1. The summed E-state index contributed by atoms with van der Waals surface area (Å²) in [5, 5.41) is 11.7. The van der Waals surface area contributed by atoms with E-state index in [1.165, 1.54) is 11.0 Å². The first-order valence-corrected chi connectivity index (χ1v) is 7.66. The summed E-state index contributed by atoms with van der Waals surface area (Å²) in [6, 6.07) is 11.7. The molecule has 0 saturated carbocycles. The molecular weight excluding hydrogens is 332 g/mol. The Kier molecular flexibility index (Phi) is 5.76. The Bertz CT molecular complexity index is 764. The average Bonchev–Trinajstić information content (AvgIpc) is 2.55. The van der Waals surface area contributed by atoms with Gasteiger partial charge in [0.1, 0.15) is 17.9 Å². The van der Waals surface area contributed by atoms with Crippen LogP contribution in [0.4, 0.5) is 5.69 Å². The van der Waals surface area contributed by atoms with Crippen molar-refractivity contribution < 1.29 is 14.5 Å². The average molecular weight is 349 g/mol. The van der Waals surface area contributed by atoms with E-state index < -0.39 is 10.8 Å². The minimum absolute atomic E-state index is 0.0697. The predicted molar refractivity (Wildman–Crippen MR) is 91.7 cm³/mol. The second kappa shape index (κ2) is 7.79. The van der Waals surface area contributed by atoms with E-state index in [0.29, 0.717) is 16.3 Å². The van der Waals surface area contributed by atoms with Gasteiger partial charge < -0.3 is 9.64 Å². The number of hydrogen-bond donors (Lipinski definition) is 0. The van der Waals surface area contributed by atoms with Gasteiger partial charge in [0.25, 0.3) is 11.6 Å². The van der Waals surface area contributed by atoms with Crippen molar-refractivity contribution in [1.29, 1.82) is 0 Å². The largest absolute Gasteiger partial charge is 0.490 e. The molecule has 126 valence electrons. The standard InChI is InChI=1S/C17H17ClN2O4/c1-12-6-5-7-13(16(12)20(22)23)17(21)19(2)10-11-24-15-9-4-3-8-14(15)18/h3-9H,10-11H2,1-2H3. The molecule has 0 N–H and O–H groups in total. The van der Waals surface area contributed by atoms with Crippen LogP contribution < -0.4 is 4.74 Å². The molecule has 0 bridgehead atoms. The minimum Gasteiger partial charge on any atom is -0.490 e. The van der Waals surface area contributed by atoms with Crippen LogP contribution in [0.25, 0.3) is 0 Å². The van der Waals surface area contributed by atoms with Crippen LogP contribution in [-0.2, 0) is 0 Å². The number of nitro groups is 1. The zero-order valence-electron chi connectivity index (χ0n) is 13.4. The van der Waals surface area contributed by atoms with Gasteiger partial charge in [0.05, 0.1) is 16.5 Å². The second-order valence-electron chi connectivity index (χ2n) is 5.23. The van der Waals surface area contributed by atoms with Crippen molar-refractivity contribution in [3.63, 3.8) is 0 Å². The molecule has 24 heavy (non-hydrogen) atoms. The Balaban J connectivity index is 2.04. The van der Waals surface area contributed by atoms with Crippen LogP contribution in [0.3, 0.4) is 0 Å². The zero-order valence-corrected chi connectivity index (χ0v) is 14.1. The molecule has 2 rings (SSSR count). The molecule has 1 amide bonds. The van der Waals surface area contributed by atoms with Crippen molar-refractivity contribution in [1.82, 2.24) is 4.90 Å². The summed E-state index contributed by atoms with van der Waals surface area (Å²) in [4.78, 5) is 24.5. The first kappa shape index (κ1) is 17.7. The summed E-state index contributed by atoms with van der Waals surface area (Å²) < 4.78 is 5.54. The number of aryl methyl sites for hydroxylation is 1. The number of carbonyl (C=O) groups excluding carboxylic acids is 1. The lowest BCUT2D eigenvalue weighted by atomic mass is 10.1. The van der Waals surface area contributed by atoms with Crippen molar-refractivity contribution in [2.75, 3.05) is 20.2 Å². The molecule has 6 nitrogen and oxygen atoms in total. The van der Waals surface area contributed by atoms with E-state index in [1.807, 2.05) is 0 Å². The lowest BCUT2D eigenvalue weighted by Crippen LogP contribution is -2.31. The molecular formula is C17H17ClN2O4. The predicted octanol–water partition coefficient (Wildman–Crippen LogP) is 3.71. The van der Waals surface area contributed by atoms with Crippen molar-refractivity contribution >= 4 is 23.2 Å². The summed E-state index contributed by atoms with van der Waals surface area (Å²) >= 11 is 5.99. The van der Waals surface area contributed by atoms with Gasteiger partial charge in [0, 0.05) is 12.6 Å². The molecule has 0 fully saturated rings. The van der Waals surface area contributed by atoms with Gasteiger partial charge in [-0.15, -0.1) is 0 Å². The van der Waals surface area contributed by atoms with Crippen LogP contribution in [0.1, 0.15) is 15.9 Å². The Morgan fingerprint density at radius 1 is 1.25 bits per heavy atom. The normalized spacial score (nSPS) is 10.3. The van der Waals surface area contributed by atoms with Crippen LogP contribution >= 0.6 is 11.6 Å². The summed E-state index contributed by atoms with van der Waals surface area (Å²) in [5.74, 6) is 0.106. The van der Waals surface area contributed by atoms with Crippen LogP contribution in [0.2, 0.25) is 5.02 Å². The molecule has 0 spiro atoms. The first-order chi connectivity index (χ1) is 11.4. The highest BCUT2D eigenvalue weighted by Gasteiger charge is 2.24. The third-order valence-electron chi connectivity index (χ3n) is 3.52. The summed E-state index contributed by atoms with van der Waals surface area (Å²) in [7, 11) is 1.57. The molecule has 0 unspecified atom stereocenters. The number of carbonyl (C=O) groups is 1. The quantitative estimate of drug-likeness (QED) is 0.589. The number of benzene rings is 2. The molecule has 0 atom stereocenters. The van der Waals surface area contributed by atoms with Crippen molar-refractivity contribution in [2.24, 2.45) is 0 Å². The smallest absolute Gasteiger partial charge is 0.285 e. The van der Waals surface area contributed by atoms with Gasteiger partial charge in [0.15, 0.2) is 0 Å². The maximum absolute atomic E-state index is 12.5. The number of rotatable bonds is 6. The third-order valence-corrected chi connectivity index (χ3v) is 3.83. The maximum Gasteiger partial charge on any atom is 0.285 e. The molecule has 0 heterocycles. The van der Waals surface area contributed by atoms with Gasteiger partial charge >= 0.3 is 0 Å². The molecule has 0 aliphatic rings. The maximum atomic E-state index is 12.5. The summed E-state index contributed by atoms with van der Waals surface area (Å²) in [5.41, 5.74) is 0.355. The minimum atomic E-state index is -0.531. The van der Waals surface area contributed by atoms with E-state index in [-0.39, 0.29) is 24.4 Å². The fourth-order valence-electron chi connectivity index (χ4n) is 2.24. The van der Waals surface area contributed by atoms with E-state index >= 15 is 0 Å². The Morgan fingerprint density at radius 3 is 2.62 bits per heavy atom. The molecule has 2 aromatic carbocycles. The highest BCUT2D eigenvalue weighted by molar-refractivity contribution is 6.32. The topological polar surface area (TPSA) is 72.7 Å². The number of amides is 1. The Morgan fingerprint density at radius 2 is 1.96 bits per heavy atom. The first-order valence-electron chi connectivity index (χ1n) is 7.28. The Hall–Kier alpha value is -2.60. The fraction of sp³-hybridized carbons (Fsp3) is 0.235. The number of likely N-dealkylation sites (N-methyl/N-ethyl adjacent to an activating group) is 1. The van der Waals surface area contributed by atoms with Crippen LogP contribution in [-0.4, -0.2) is 35.9 Å². The van der Waals surface area contributed by atoms with Gasteiger partial charge in [-0.3, -0.25) is 14.9 Å². The van der Waals surface area contributed by atoms with Crippen molar-refractivity contribution in [2.45, 2.75) is 6.92 Å². The number of para-hydroxylation sites is 2. The molecule has 0 saturated heterocycles. The number of halogens is 1. The monoisotopic (exact) mass is 348 g/mol. The molecule has 0 aromatic heterocycles. The van der Waals surface area contributed by atoms with Crippen LogP contribution in [0.5, 0.6) is 5.75 Å².